The van der Waals surface area contributed by atoms with Crippen molar-refractivity contribution in [2.45, 2.75) is 32.2 Å². The van der Waals surface area contributed by atoms with E-state index in [1.165, 1.54) is 7.11 Å². The van der Waals surface area contributed by atoms with E-state index in [2.05, 4.69) is 15.3 Å². The van der Waals surface area contributed by atoms with Gasteiger partial charge in [0.15, 0.2) is 0 Å². The minimum atomic E-state index is 0.144. The largest absolute Gasteiger partial charge is 0.399 e. The lowest BCUT2D eigenvalue weighted by Crippen LogP contribution is -2.27. The second-order valence-corrected chi connectivity index (χ2v) is 3.02. The molecule has 1 aliphatic heterocycles. The Bertz CT molecular complexity index is 201. The molecule has 1 amide bonds. The fraction of sp³-hybridized carbons (Fsp3) is 0.750. The molecule has 12 heavy (non-hydrogen) atoms. The van der Waals surface area contributed by atoms with Crippen LogP contribution >= 0.6 is 0 Å². The molecule has 1 saturated heterocycles. The van der Waals surface area contributed by atoms with E-state index >= 15 is 0 Å². The van der Waals surface area contributed by atoms with Crippen LogP contribution in [-0.4, -0.2) is 24.8 Å². The highest BCUT2D eigenvalue weighted by Gasteiger charge is 2.20. The van der Waals surface area contributed by atoms with E-state index in [0.29, 0.717) is 6.42 Å². The van der Waals surface area contributed by atoms with E-state index in [9.17, 15) is 4.79 Å². The van der Waals surface area contributed by atoms with Gasteiger partial charge in [0.1, 0.15) is 7.11 Å². The Morgan fingerprint density at radius 2 is 2.58 bits per heavy atom. The van der Waals surface area contributed by atoms with Gasteiger partial charge >= 0.3 is 0 Å². The van der Waals surface area contributed by atoms with Crippen molar-refractivity contribution >= 4 is 11.6 Å². The summed E-state index contributed by atoms with van der Waals surface area (Å²) in [5.74, 6) is 0.144. The van der Waals surface area contributed by atoms with Crippen LogP contribution in [0, 0.1) is 0 Å². The highest BCUT2D eigenvalue weighted by molar-refractivity contribution is 5.84. The second kappa shape index (κ2) is 4.09. The average molecular weight is 170 g/mol. The molecule has 0 aliphatic carbocycles. The van der Waals surface area contributed by atoms with Gasteiger partial charge in [-0.1, -0.05) is 5.16 Å². The summed E-state index contributed by atoms with van der Waals surface area (Å²) < 4.78 is 0. The first-order valence-electron chi connectivity index (χ1n) is 4.08. The summed E-state index contributed by atoms with van der Waals surface area (Å²) in [6.07, 6.45) is 2.35. The van der Waals surface area contributed by atoms with E-state index in [4.69, 9.17) is 0 Å². The van der Waals surface area contributed by atoms with Gasteiger partial charge in [0.2, 0.25) is 5.91 Å². The van der Waals surface area contributed by atoms with Gasteiger partial charge in [0.05, 0.1) is 5.71 Å². The van der Waals surface area contributed by atoms with Gasteiger partial charge < -0.3 is 10.2 Å². The Balaban J connectivity index is 2.32. The molecular weight excluding hydrogens is 156 g/mol. The summed E-state index contributed by atoms with van der Waals surface area (Å²) in [5, 5.41) is 6.65. The van der Waals surface area contributed by atoms with Crippen molar-refractivity contribution in [3.05, 3.63) is 0 Å². The van der Waals surface area contributed by atoms with Gasteiger partial charge in [-0.25, -0.2) is 0 Å². The SMILES string of the molecule is CO/N=C(\C)CC1CCC(=O)N1. The maximum absolute atomic E-state index is 10.8. The normalized spacial score (nSPS) is 24.0. The predicted molar refractivity (Wildman–Crippen MR) is 45.9 cm³/mol. The van der Waals surface area contributed by atoms with Crippen molar-refractivity contribution in [2.75, 3.05) is 7.11 Å². The van der Waals surface area contributed by atoms with E-state index in [-0.39, 0.29) is 11.9 Å². The second-order valence-electron chi connectivity index (χ2n) is 3.02. The molecule has 0 saturated carbocycles. The van der Waals surface area contributed by atoms with Gasteiger partial charge in [-0.15, -0.1) is 0 Å². The monoisotopic (exact) mass is 170 g/mol. The van der Waals surface area contributed by atoms with Crippen molar-refractivity contribution in [1.82, 2.24) is 5.32 Å². The molecule has 0 spiro atoms. The fourth-order valence-corrected chi connectivity index (χ4v) is 1.38. The number of nitrogens with zero attached hydrogens (tertiary/aromatic N) is 1. The summed E-state index contributed by atoms with van der Waals surface area (Å²) in [6, 6.07) is 0.261. The topological polar surface area (TPSA) is 50.7 Å². The number of rotatable bonds is 3. The van der Waals surface area contributed by atoms with E-state index in [1.54, 1.807) is 0 Å². The summed E-state index contributed by atoms with van der Waals surface area (Å²) in [4.78, 5) is 15.4. The highest BCUT2D eigenvalue weighted by Crippen LogP contribution is 2.10. The smallest absolute Gasteiger partial charge is 0.220 e. The molecular formula is C8H14N2O2. The van der Waals surface area contributed by atoms with E-state index in [0.717, 1.165) is 18.6 Å². The lowest BCUT2D eigenvalue weighted by atomic mass is 10.1. The maximum atomic E-state index is 10.8. The van der Waals surface area contributed by atoms with Crippen molar-refractivity contribution in [1.29, 1.82) is 0 Å². The van der Waals surface area contributed by atoms with Crippen LogP contribution in [0.2, 0.25) is 0 Å². The molecule has 1 N–H and O–H groups in total. The lowest BCUT2D eigenvalue weighted by Gasteiger charge is -2.07. The standard InChI is InChI=1S/C8H14N2O2/c1-6(10-12-2)5-7-3-4-8(11)9-7/h7H,3-5H2,1-2H3,(H,9,11)/b10-6+. The first-order valence-corrected chi connectivity index (χ1v) is 4.08. The van der Waals surface area contributed by atoms with Gasteiger partial charge in [-0.3, -0.25) is 4.79 Å². The zero-order chi connectivity index (χ0) is 8.97. The zero-order valence-electron chi connectivity index (χ0n) is 7.46. The lowest BCUT2D eigenvalue weighted by molar-refractivity contribution is -0.119. The summed E-state index contributed by atoms with van der Waals surface area (Å²) >= 11 is 0. The van der Waals surface area contributed by atoms with Crippen LogP contribution in [0.1, 0.15) is 26.2 Å². The van der Waals surface area contributed by atoms with Crippen molar-refractivity contribution in [2.24, 2.45) is 5.16 Å². The van der Waals surface area contributed by atoms with Gasteiger partial charge in [0, 0.05) is 18.9 Å². The molecule has 0 aromatic rings. The summed E-state index contributed by atoms with van der Waals surface area (Å²) in [5.41, 5.74) is 0.921. The molecule has 1 aliphatic rings. The number of hydrogen-bond donors (Lipinski definition) is 1. The summed E-state index contributed by atoms with van der Waals surface area (Å²) in [6.45, 7) is 1.90. The molecule has 1 fully saturated rings. The highest BCUT2D eigenvalue weighted by atomic mass is 16.6. The fourth-order valence-electron chi connectivity index (χ4n) is 1.38. The molecule has 4 nitrogen and oxygen atoms in total. The molecule has 1 unspecified atom stereocenters. The quantitative estimate of drug-likeness (QED) is 0.500. The third-order valence-electron chi connectivity index (χ3n) is 1.87. The third-order valence-corrected chi connectivity index (χ3v) is 1.87. The Kier molecular flexibility index (Phi) is 3.08. The third kappa shape index (κ3) is 2.53. The first kappa shape index (κ1) is 9.03. The molecule has 68 valence electrons. The minimum absolute atomic E-state index is 0.144. The average Bonchev–Trinajstić information content (AvgIpc) is 2.36. The van der Waals surface area contributed by atoms with Gasteiger partial charge in [-0.05, 0) is 13.3 Å². The van der Waals surface area contributed by atoms with Crippen molar-refractivity contribution in [3.8, 4) is 0 Å². The molecule has 0 aromatic heterocycles. The van der Waals surface area contributed by atoms with Crippen molar-refractivity contribution < 1.29 is 9.63 Å². The molecule has 4 heteroatoms. The zero-order valence-corrected chi connectivity index (χ0v) is 7.46. The number of hydrogen-bond acceptors (Lipinski definition) is 3. The van der Waals surface area contributed by atoms with Crippen LogP contribution in [0.15, 0.2) is 5.16 Å². The molecule has 0 radical (unpaired) electrons. The Labute approximate surface area is 72.0 Å². The number of oxime groups is 1. The van der Waals surface area contributed by atoms with Gasteiger partial charge in [0.25, 0.3) is 0 Å². The predicted octanol–water partition coefficient (Wildman–Crippen LogP) is 0.677. The number of carbonyl (C=O) groups is 1. The van der Waals surface area contributed by atoms with Crippen LogP contribution in [-0.2, 0) is 9.63 Å². The molecule has 0 bridgehead atoms. The van der Waals surface area contributed by atoms with Gasteiger partial charge in [-0.2, -0.15) is 0 Å². The Morgan fingerprint density at radius 1 is 1.83 bits per heavy atom. The number of nitrogens with one attached hydrogen (secondary N) is 1. The van der Waals surface area contributed by atoms with Crippen LogP contribution in [0.25, 0.3) is 0 Å². The summed E-state index contributed by atoms with van der Waals surface area (Å²) in [7, 11) is 1.52. The van der Waals surface area contributed by atoms with Crippen LogP contribution < -0.4 is 5.32 Å². The molecule has 1 heterocycles. The Hall–Kier alpha value is -1.06. The van der Waals surface area contributed by atoms with Crippen molar-refractivity contribution in [3.63, 3.8) is 0 Å². The van der Waals surface area contributed by atoms with Crippen LogP contribution in [0.5, 0.6) is 0 Å². The molecule has 0 aromatic carbocycles. The van der Waals surface area contributed by atoms with Crippen LogP contribution in [0.4, 0.5) is 0 Å². The van der Waals surface area contributed by atoms with E-state index in [1.807, 2.05) is 6.92 Å². The molecule has 1 rings (SSSR count). The van der Waals surface area contributed by atoms with Crippen LogP contribution in [0.3, 0.4) is 0 Å². The Morgan fingerprint density at radius 3 is 3.08 bits per heavy atom. The van der Waals surface area contributed by atoms with E-state index < -0.39 is 0 Å². The number of carbonyl (C=O) groups excluding carboxylic acids is 1. The minimum Gasteiger partial charge on any atom is -0.399 e. The number of amides is 1. The first-order chi connectivity index (χ1) is 5.72. The molecule has 1 atom stereocenters. The maximum Gasteiger partial charge on any atom is 0.220 e.